The second kappa shape index (κ2) is 9.23. The number of hydrogen-bond donors (Lipinski definition) is 0. The number of rotatable bonds is 6. The SMILES string of the molecule is CC=CC1CC=C(c2ccc(-c3ccc(OCCC)c(Cl)c3F)cc2)CC1. The number of allylic oxidation sites excluding steroid dienone is 4. The summed E-state index contributed by atoms with van der Waals surface area (Å²) in [5, 5.41) is 0.0510. The maximum atomic E-state index is 14.7. The molecule has 0 saturated heterocycles. The number of hydrogen-bond acceptors (Lipinski definition) is 1. The van der Waals surface area contributed by atoms with Crippen molar-refractivity contribution >= 4 is 17.2 Å². The van der Waals surface area contributed by atoms with Gasteiger partial charge in [-0.25, -0.2) is 4.39 Å². The van der Waals surface area contributed by atoms with E-state index in [2.05, 4.69) is 37.3 Å². The minimum Gasteiger partial charge on any atom is -0.492 e. The molecular weight excluding hydrogens is 359 g/mol. The van der Waals surface area contributed by atoms with Gasteiger partial charge in [0.15, 0.2) is 5.82 Å². The van der Waals surface area contributed by atoms with E-state index >= 15 is 0 Å². The fraction of sp³-hybridized carbons (Fsp3) is 0.333. The minimum atomic E-state index is -0.427. The predicted octanol–water partition coefficient (Wildman–Crippen LogP) is 7.69. The predicted molar refractivity (Wildman–Crippen MR) is 113 cm³/mol. The summed E-state index contributed by atoms with van der Waals surface area (Å²) in [6, 6.07) is 11.6. The van der Waals surface area contributed by atoms with Crippen molar-refractivity contribution < 1.29 is 9.13 Å². The lowest BCUT2D eigenvalue weighted by Gasteiger charge is -2.19. The first kappa shape index (κ1) is 19.7. The Bertz CT molecular complexity index is 836. The van der Waals surface area contributed by atoms with E-state index in [0.717, 1.165) is 24.8 Å². The topological polar surface area (TPSA) is 9.23 Å². The van der Waals surface area contributed by atoms with Crippen LogP contribution in [0.25, 0.3) is 16.7 Å². The van der Waals surface area contributed by atoms with Crippen molar-refractivity contribution in [1.82, 2.24) is 0 Å². The first-order valence-corrected chi connectivity index (χ1v) is 10.0. The largest absolute Gasteiger partial charge is 0.492 e. The van der Waals surface area contributed by atoms with Crippen LogP contribution < -0.4 is 4.74 Å². The minimum absolute atomic E-state index is 0.0510. The Morgan fingerprint density at radius 1 is 1.15 bits per heavy atom. The van der Waals surface area contributed by atoms with Crippen LogP contribution in [0.15, 0.2) is 54.6 Å². The van der Waals surface area contributed by atoms with Gasteiger partial charge in [-0.1, -0.05) is 61.0 Å². The highest BCUT2D eigenvalue weighted by molar-refractivity contribution is 6.32. The van der Waals surface area contributed by atoms with E-state index in [1.807, 2.05) is 19.1 Å². The van der Waals surface area contributed by atoms with Gasteiger partial charge in [-0.3, -0.25) is 0 Å². The van der Waals surface area contributed by atoms with Crippen molar-refractivity contribution in [3.8, 4) is 16.9 Å². The summed E-state index contributed by atoms with van der Waals surface area (Å²) < 4.78 is 20.2. The summed E-state index contributed by atoms with van der Waals surface area (Å²) in [6.45, 7) is 4.60. The van der Waals surface area contributed by atoms with Crippen LogP contribution in [0.2, 0.25) is 5.02 Å². The van der Waals surface area contributed by atoms with E-state index in [0.29, 0.717) is 23.8 Å². The Hall–Kier alpha value is -2.06. The standard InChI is InChI=1S/C24H26ClFO/c1-3-5-17-6-8-18(9-7-17)19-10-12-20(13-11-19)21-14-15-22(27-16-4-2)23(25)24(21)26/h3,5,8,10-15,17H,4,6-7,9,16H2,1-2H3. The smallest absolute Gasteiger partial charge is 0.153 e. The van der Waals surface area contributed by atoms with Gasteiger partial charge in [0.2, 0.25) is 0 Å². The Labute approximate surface area is 166 Å². The third kappa shape index (κ3) is 4.62. The van der Waals surface area contributed by atoms with Gasteiger partial charge in [0.05, 0.1) is 6.61 Å². The van der Waals surface area contributed by atoms with Crippen molar-refractivity contribution in [3.63, 3.8) is 0 Å². The molecule has 1 nitrogen and oxygen atoms in total. The van der Waals surface area contributed by atoms with Gasteiger partial charge >= 0.3 is 0 Å². The van der Waals surface area contributed by atoms with Crippen LogP contribution in [-0.4, -0.2) is 6.61 Å². The maximum Gasteiger partial charge on any atom is 0.153 e. The summed E-state index contributed by atoms with van der Waals surface area (Å²) in [6.07, 6.45) is 11.0. The average molecular weight is 385 g/mol. The lowest BCUT2D eigenvalue weighted by Crippen LogP contribution is -2.02. The summed E-state index contributed by atoms with van der Waals surface area (Å²) >= 11 is 6.16. The van der Waals surface area contributed by atoms with Crippen LogP contribution in [0.1, 0.15) is 45.1 Å². The molecule has 0 amide bonds. The number of ether oxygens (including phenoxy) is 1. The van der Waals surface area contributed by atoms with Gasteiger partial charge in [0.1, 0.15) is 10.8 Å². The van der Waals surface area contributed by atoms with Crippen molar-refractivity contribution in [2.45, 2.75) is 39.5 Å². The van der Waals surface area contributed by atoms with Crippen molar-refractivity contribution in [3.05, 3.63) is 71.0 Å². The van der Waals surface area contributed by atoms with Gasteiger partial charge in [0.25, 0.3) is 0 Å². The lowest BCUT2D eigenvalue weighted by atomic mass is 9.86. The van der Waals surface area contributed by atoms with Crippen molar-refractivity contribution in [1.29, 1.82) is 0 Å². The summed E-state index contributed by atoms with van der Waals surface area (Å²) in [4.78, 5) is 0. The molecule has 0 radical (unpaired) electrons. The van der Waals surface area contributed by atoms with Gasteiger partial charge < -0.3 is 4.74 Å². The molecule has 27 heavy (non-hydrogen) atoms. The molecule has 1 unspecified atom stereocenters. The van der Waals surface area contributed by atoms with Crippen LogP contribution in [0.3, 0.4) is 0 Å². The molecule has 1 aliphatic rings. The third-order valence-electron chi connectivity index (χ3n) is 4.99. The van der Waals surface area contributed by atoms with E-state index < -0.39 is 5.82 Å². The molecule has 1 atom stereocenters. The van der Waals surface area contributed by atoms with Gasteiger partial charge in [0, 0.05) is 5.56 Å². The Morgan fingerprint density at radius 2 is 1.89 bits per heavy atom. The van der Waals surface area contributed by atoms with Gasteiger partial charge in [-0.2, -0.15) is 0 Å². The lowest BCUT2D eigenvalue weighted by molar-refractivity contribution is 0.316. The normalized spacial score (nSPS) is 17.2. The van der Waals surface area contributed by atoms with Gasteiger partial charge in [-0.05, 0) is 67.4 Å². The molecule has 1 aliphatic carbocycles. The van der Waals surface area contributed by atoms with E-state index in [9.17, 15) is 4.39 Å². The molecule has 0 aliphatic heterocycles. The van der Waals surface area contributed by atoms with Crippen LogP contribution in [0.4, 0.5) is 4.39 Å². The second-order valence-corrected chi connectivity index (χ2v) is 7.33. The zero-order chi connectivity index (χ0) is 19.2. The Balaban J connectivity index is 1.79. The summed E-state index contributed by atoms with van der Waals surface area (Å²) in [7, 11) is 0. The molecule has 0 heterocycles. The van der Waals surface area contributed by atoms with Crippen molar-refractivity contribution in [2.75, 3.05) is 6.61 Å². The quantitative estimate of drug-likeness (QED) is 0.463. The zero-order valence-corrected chi connectivity index (χ0v) is 16.7. The molecule has 0 fully saturated rings. The molecular formula is C24H26ClFO. The van der Waals surface area contributed by atoms with Crippen LogP contribution in [0, 0.1) is 11.7 Å². The maximum absolute atomic E-state index is 14.7. The van der Waals surface area contributed by atoms with Crippen LogP contribution >= 0.6 is 11.6 Å². The third-order valence-corrected chi connectivity index (χ3v) is 5.34. The molecule has 3 rings (SSSR count). The zero-order valence-electron chi connectivity index (χ0n) is 16.0. The molecule has 0 aromatic heterocycles. The molecule has 142 valence electrons. The molecule has 3 heteroatoms. The van der Waals surface area contributed by atoms with E-state index in [4.69, 9.17) is 16.3 Å². The highest BCUT2D eigenvalue weighted by Gasteiger charge is 2.16. The van der Waals surface area contributed by atoms with Crippen molar-refractivity contribution in [2.24, 2.45) is 5.92 Å². The monoisotopic (exact) mass is 384 g/mol. The van der Waals surface area contributed by atoms with Crippen LogP contribution in [-0.2, 0) is 0 Å². The Kier molecular flexibility index (Phi) is 6.73. The highest BCUT2D eigenvalue weighted by atomic mass is 35.5. The first-order valence-electron chi connectivity index (χ1n) is 9.67. The van der Waals surface area contributed by atoms with E-state index in [1.54, 1.807) is 12.1 Å². The molecule has 0 spiro atoms. The molecule has 0 N–H and O–H groups in total. The summed E-state index contributed by atoms with van der Waals surface area (Å²) in [5.74, 6) is 0.631. The first-order chi connectivity index (χ1) is 13.1. The number of benzene rings is 2. The molecule has 0 bridgehead atoms. The van der Waals surface area contributed by atoms with Crippen LogP contribution in [0.5, 0.6) is 5.75 Å². The highest BCUT2D eigenvalue weighted by Crippen LogP contribution is 2.36. The van der Waals surface area contributed by atoms with Gasteiger partial charge in [-0.15, -0.1) is 0 Å². The van der Waals surface area contributed by atoms with E-state index in [1.165, 1.54) is 17.6 Å². The fourth-order valence-electron chi connectivity index (χ4n) is 3.51. The molecule has 0 saturated carbocycles. The van der Waals surface area contributed by atoms with E-state index in [-0.39, 0.29) is 5.02 Å². The molecule has 2 aromatic rings. The average Bonchev–Trinajstić information content (AvgIpc) is 2.70. The molecule has 2 aromatic carbocycles. The Morgan fingerprint density at radius 3 is 2.52 bits per heavy atom. The second-order valence-electron chi connectivity index (χ2n) is 6.95. The fourth-order valence-corrected chi connectivity index (χ4v) is 3.72. The number of halogens is 2. The summed E-state index contributed by atoms with van der Waals surface area (Å²) in [5.41, 5.74) is 3.92.